The third-order valence-corrected chi connectivity index (χ3v) is 2.98. The third-order valence-electron chi connectivity index (χ3n) is 2.77. The normalized spacial score (nSPS) is 10.1. The van der Waals surface area contributed by atoms with Gasteiger partial charge in [-0.15, -0.1) is 0 Å². The summed E-state index contributed by atoms with van der Waals surface area (Å²) in [6.45, 7) is 0.158. The summed E-state index contributed by atoms with van der Waals surface area (Å²) in [7, 11) is 1.59. The molecule has 0 saturated heterocycles. The van der Waals surface area contributed by atoms with Gasteiger partial charge in [0.25, 0.3) is 0 Å². The summed E-state index contributed by atoms with van der Waals surface area (Å²) in [5.41, 5.74) is 6.96. The lowest BCUT2D eigenvalue weighted by atomic mass is 10.3. The van der Waals surface area contributed by atoms with Crippen LogP contribution in [-0.4, -0.2) is 22.6 Å². The molecule has 3 N–H and O–H groups in total. The Balaban J connectivity index is 2.01. The largest absolute Gasteiger partial charge is 0.497 e. The van der Waals surface area contributed by atoms with Gasteiger partial charge in [-0.05, 0) is 36.4 Å². The molecule has 0 aliphatic rings. The number of amides is 1. The summed E-state index contributed by atoms with van der Waals surface area (Å²) >= 11 is 4.92. The fourth-order valence-corrected chi connectivity index (χ4v) is 1.99. The van der Waals surface area contributed by atoms with Crippen LogP contribution in [0.15, 0.2) is 42.6 Å². The van der Waals surface area contributed by atoms with Gasteiger partial charge in [0.1, 0.15) is 17.3 Å². The van der Waals surface area contributed by atoms with Gasteiger partial charge in [-0.3, -0.25) is 4.79 Å². The average Bonchev–Trinajstić information content (AvgIpc) is 2.87. The van der Waals surface area contributed by atoms with Gasteiger partial charge in [0.05, 0.1) is 12.8 Å². The molecular weight excluding hydrogens is 274 g/mol. The molecule has 2 aromatic rings. The Bertz CT molecular complexity index is 620. The van der Waals surface area contributed by atoms with Crippen molar-refractivity contribution >= 4 is 28.8 Å². The topological polar surface area (TPSA) is 69.3 Å². The summed E-state index contributed by atoms with van der Waals surface area (Å²) in [5, 5.41) is 2.80. The lowest BCUT2D eigenvalue weighted by Crippen LogP contribution is -2.22. The highest BCUT2D eigenvalue weighted by atomic mass is 32.1. The van der Waals surface area contributed by atoms with Gasteiger partial charge in [0.15, 0.2) is 0 Å². The summed E-state index contributed by atoms with van der Waals surface area (Å²) in [6.07, 6.45) is 1.77. The molecule has 0 aliphatic heterocycles. The molecule has 20 heavy (non-hydrogen) atoms. The van der Waals surface area contributed by atoms with Crippen LogP contribution in [-0.2, 0) is 11.3 Å². The molecule has 0 unspecified atom stereocenters. The first kappa shape index (κ1) is 14.1. The van der Waals surface area contributed by atoms with Crippen molar-refractivity contribution in [2.24, 2.45) is 5.73 Å². The molecule has 0 radical (unpaired) electrons. The van der Waals surface area contributed by atoms with Crippen LogP contribution in [0.1, 0.15) is 5.69 Å². The highest BCUT2D eigenvalue weighted by Crippen LogP contribution is 2.15. The van der Waals surface area contributed by atoms with Crippen LogP contribution in [0.3, 0.4) is 0 Å². The molecule has 0 bridgehead atoms. The molecular formula is C14H15N3O2S. The second kappa shape index (κ2) is 6.21. The Kier molecular flexibility index (Phi) is 4.37. The number of hydrogen-bond donors (Lipinski definition) is 2. The molecule has 0 saturated carbocycles. The molecule has 1 heterocycles. The van der Waals surface area contributed by atoms with E-state index < -0.39 is 0 Å². The van der Waals surface area contributed by atoms with E-state index in [9.17, 15) is 4.79 Å². The Morgan fingerprint density at radius 1 is 1.35 bits per heavy atom. The van der Waals surface area contributed by atoms with E-state index >= 15 is 0 Å². The third kappa shape index (κ3) is 3.36. The zero-order valence-corrected chi connectivity index (χ0v) is 11.8. The van der Waals surface area contributed by atoms with Crippen molar-refractivity contribution in [3.05, 3.63) is 48.3 Å². The molecule has 1 aromatic carbocycles. The maximum atomic E-state index is 12.0. The van der Waals surface area contributed by atoms with E-state index in [1.807, 2.05) is 0 Å². The van der Waals surface area contributed by atoms with E-state index in [-0.39, 0.29) is 17.4 Å². The first-order valence-electron chi connectivity index (χ1n) is 5.99. The van der Waals surface area contributed by atoms with Crippen molar-refractivity contribution in [3.8, 4) is 5.75 Å². The molecule has 1 aromatic heterocycles. The molecule has 0 atom stereocenters. The second-order valence-electron chi connectivity index (χ2n) is 4.16. The summed E-state index contributed by atoms with van der Waals surface area (Å²) in [4.78, 5) is 12.2. The van der Waals surface area contributed by atoms with Gasteiger partial charge in [0.2, 0.25) is 5.91 Å². The SMILES string of the molecule is COc1ccc(NC(=O)Cn2cccc2C(N)=S)cc1. The number of ether oxygens (including phenoxy) is 1. The van der Waals surface area contributed by atoms with E-state index in [1.54, 1.807) is 54.3 Å². The molecule has 104 valence electrons. The first-order chi connectivity index (χ1) is 9.60. The number of nitrogens with one attached hydrogen (secondary N) is 1. The quantitative estimate of drug-likeness (QED) is 0.823. The van der Waals surface area contributed by atoms with E-state index in [4.69, 9.17) is 22.7 Å². The molecule has 5 nitrogen and oxygen atoms in total. The standard InChI is InChI=1S/C14H15N3O2S/c1-19-11-6-4-10(5-7-11)16-13(18)9-17-8-2-3-12(17)14(15)20/h2-8H,9H2,1H3,(H2,15,20)(H,16,18). The van der Waals surface area contributed by atoms with Crippen LogP contribution in [0, 0.1) is 0 Å². The number of rotatable bonds is 5. The lowest BCUT2D eigenvalue weighted by molar-refractivity contribution is -0.116. The number of anilines is 1. The number of benzene rings is 1. The number of thiocarbonyl (C=S) groups is 1. The van der Waals surface area contributed by atoms with Crippen molar-refractivity contribution < 1.29 is 9.53 Å². The average molecular weight is 289 g/mol. The molecule has 0 aliphatic carbocycles. The Hall–Kier alpha value is -2.34. The molecule has 1 amide bonds. The fourth-order valence-electron chi connectivity index (χ4n) is 1.81. The summed E-state index contributed by atoms with van der Waals surface area (Å²) in [6, 6.07) is 10.7. The molecule has 0 spiro atoms. The van der Waals surface area contributed by atoms with Gasteiger partial charge >= 0.3 is 0 Å². The maximum absolute atomic E-state index is 12.0. The maximum Gasteiger partial charge on any atom is 0.244 e. The highest BCUT2D eigenvalue weighted by Gasteiger charge is 2.08. The zero-order valence-electron chi connectivity index (χ0n) is 11.0. The number of nitrogens with two attached hydrogens (primary N) is 1. The van der Waals surface area contributed by atoms with Gasteiger partial charge in [-0.25, -0.2) is 0 Å². The minimum Gasteiger partial charge on any atom is -0.497 e. The van der Waals surface area contributed by atoms with Crippen LogP contribution in [0.2, 0.25) is 0 Å². The number of carbonyl (C=O) groups is 1. The van der Waals surface area contributed by atoms with Crippen molar-refractivity contribution in [1.29, 1.82) is 0 Å². The molecule has 0 fully saturated rings. The van der Waals surface area contributed by atoms with Gasteiger partial charge in [-0.2, -0.15) is 0 Å². The first-order valence-corrected chi connectivity index (χ1v) is 6.40. The highest BCUT2D eigenvalue weighted by molar-refractivity contribution is 7.80. The van der Waals surface area contributed by atoms with E-state index in [1.165, 1.54) is 0 Å². The number of carbonyl (C=O) groups excluding carboxylic acids is 1. The van der Waals surface area contributed by atoms with Crippen LogP contribution in [0.4, 0.5) is 5.69 Å². The summed E-state index contributed by atoms with van der Waals surface area (Å²) < 4.78 is 6.77. The Morgan fingerprint density at radius 2 is 2.05 bits per heavy atom. The fraction of sp³-hybridized carbons (Fsp3) is 0.143. The zero-order chi connectivity index (χ0) is 14.5. The smallest absolute Gasteiger partial charge is 0.244 e. The van der Waals surface area contributed by atoms with Crippen molar-refractivity contribution in [3.63, 3.8) is 0 Å². The number of nitrogens with zero attached hydrogens (tertiary/aromatic N) is 1. The van der Waals surface area contributed by atoms with Crippen molar-refractivity contribution in [1.82, 2.24) is 4.57 Å². The van der Waals surface area contributed by atoms with Crippen LogP contribution in [0.25, 0.3) is 0 Å². The van der Waals surface area contributed by atoms with Crippen LogP contribution >= 0.6 is 12.2 Å². The second-order valence-corrected chi connectivity index (χ2v) is 4.60. The van der Waals surface area contributed by atoms with Crippen molar-refractivity contribution in [2.45, 2.75) is 6.54 Å². The Morgan fingerprint density at radius 3 is 2.65 bits per heavy atom. The predicted octanol–water partition coefficient (Wildman–Crippen LogP) is 1.77. The van der Waals surface area contributed by atoms with Crippen LogP contribution in [0.5, 0.6) is 5.75 Å². The summed E-state index contributed by atoms with van der Waals surface area (Å²) in [5.74, 6) is 0.591. The van der Waals surface area contributed by atoms with Gasteiger partial charge < -0.3 is 20.4 Å². The number of hydrogen-bond acceptors (Lipinski definition) is 3. The monoisotopic (exact) mass is 289 g/mol. The van der Waals surface area contributed by atoms with Gasteiger partial charge in [-0.1, -0.05) is 12.2 Å². The Labute approximate surface area is 122 Å². The van der Waals surface area contributed by atoms with Crippen LogP contribution < -0.4 is 15.8 Å². The van der Waals surface area contributed by atoms with E-state index in [2.05, 4.69) is 5.32 Å². The predicted molar refractivity (Wildman–Crippen MR) is 81.9 cm³/mol. The van der Waals surface area contributed by atoms with Crippen molar-refractivity contribution in [2.75, 3.05) is 12.4 Å². The lowest BCUT2D eigenvalue weighted by Gasteiger charge is -2.09. The number of aromatic nitrogens is 1. The van der Waals surface area contributed by atoms with E-state index in [0.29, 0.717) is 11.4 Å². The number of methoxy groups -OCH3 is 1. The molecule has 6 heteroatoms. The molecule has 2 rings (SSSR count). The van der Waals surface area contributed by atoms with E-state index in [0.717, 1.165) is 5.75 Å². The van der Waals surface area contributed by atoms with Gasteiger partial charge in [0, 0.05) is 11.9 Å². The minimum absolute atomic E-state index is 0.149. The minimum atomic E-state index is -0.149.